The standard InChI is InChI=1S/C14H23NO5/c1-13(2,3)20-12(18)15-8-10(11(16)17)19-14(9-15)6-4-5-7-14/h10H,4-9H2,1-3H3,(H,16,17). The number of nitrogens with zero attached hydrogens (tertiary/aromatic N) is 1. The second-order valence-electron chi connectivity index (χ2n) is 6.70. The first kappa shape index (κ1) is 15.1. The van der Waals surface area contributed by atoms with Gasteiger partial charge >= 0.3 is 12.1 Å². The number of carboxylic acid groups (broad SMARTS) is 1. The Labute approximate surface area is 119 Å². The Morgan fingerprint density at radius 2 is 1.90 bits per heavy atom. The Morgan fingerprint density at radius 3 is 2.40 bits per heavy atom. The molecule has 2 rings (SSSR count). The smallest absolute Gasteiger partial charge is 0.410 e. The van der Waals surface area contributed by atoms with E-state index in [2.05, 4.69) is 0 Å². The van der Waals surface area contributed by atoms with Gasteiger partial charge in [0, 0.05) is 0 Å². The molecule has 1 saturated heterocycles. The summed E-state index contributed by atoms with van der Waals surface area (Å²) in [6.45, 7) is 5.86. The van der Waals surface area contributed by atoms with Crippen molar-refractivity contribution in [3.05, 3.63) is 0 Å². The molecule has 0 radical (unpaired) electrons. The quantitative estimate of drug-likeness (QED) is 0.797. The molecular weight excluding hydrogens is 262 g/mol. The topological polar surface area (TPSA) is 76.1 Å². The van der Waals surface area contributed by atoms with E-state index < -0.39 is 29.4 Å². The van der Waals surface area contributed by atoms with E-state index in [1.807, 2.05) is 0 Å². The summed E-state index contributed by atoms with van der Waals surface area (Å²) in [5.74, 6) is -1.02. The number of morpholine rings is 1. The number of amides is 1. The van der Waals surface area contributed by atoms with Crippen LogP contribution in [0, 0.1) is 0 Å². The van der Waals surface area contributed by atoms with Crippen molar-refractivity contribution in [3.8, 4) is 0 Å². The van der Waals surface area contributed by atoms with Gasteiger partial charge in [0.1, 0.15) is 5.60 Å². The Balaban J connectivity index is 2.11. The van der Waals surface area contributed by atoms with Gasteiger partial charge in [0.05, 0.1) is 18.7 Å². The largest absolute Gasteiger partial charge is 0.479 e. The summed E-state index contributed by atoms with van der Waals surface area (Å²) >= 11 is 0. The summed E-state index contributed by atoms with van der Waals surface area (Å²) in [5.41, 5.74) is -1.09. The van der Waals surface area contributed by atoms with E-state index in [1.54, 1.807) is 20.8 Å². The molecule has 1 atom stereocenters. The lowest BCUT2D eigenvalue weighted by Gasteiger charge is -2.43. The van der Waals surface area contributed by atoms with E-state index in [1.165, 1.54) is 4.90 Å². The van der Waals surface area contributed by atoms with Crippen LogP contribution >= 0.6 is 0 Å². The van der Waals surface area contributed by atoms with Crippen LogP contribution in [0.2, 0.25) is 0 Å². The second-order valence-corrected chi connectivity index (χ2v) is 6.70. The zero-order chi connectivity index (χ0) is 15.0. The van der Waals surface area contributed by atoms with Gasteiger partial charge in [-0.1, -0.05) is 12.8 Å². The van der Waals surface area contributed by atoms with Gasteiger partial charge < -0.3 is 19.5 Å². The number of aliphatic carboxylic acids is 1. The molecule has 1 unspecified atom stereocenters. The van der Waals surface area contributed by atoms with Crippen LogP contribution in [0.25, 0.3) is 0 Å². The summed E-state index contributed by atoms with van der Waals surface area (Å²) < 4.78 is 11.1. The third-order valence-corrected chi connectivity index (χ3v) is 3.70. The van der Waals surface area contributed by atoms with Gasteiger partial charge in [-0.05, 0) is 33.6 Å². The molecule has 114 valence electrons. The molecule has 1 aliphatic carbocycles. The molecule has 1 amide bonds. The van der Waals surface area contributed by atoms with Crippen LogP contribution in [-0.2, 0) is 14.3 Å². The van der Waals surface area contributed by atoms with Crippen molar-refractivity contribution >= 4 is 12.1 Å². The van der Waals surface area contributed by atoms with Crippen molar-refractivity contribution in [2.75, 3.05) is 13.1 Å². The molecule has 0 aromatic carbocycles. The molecule has 6 nitrogen and oxygen atoms in total. The first-order valence-electron chi connectivity index (χ1n) is 7.09. The third-order valence-electron chi connectivity index (χ3n) is 3.70. The molecule has 1 saturated carbocycles. The van der Waals surface area contributed by atoms with E-state index in [-0.39, 0.29) is 6.54 Å². The average molecular weight is 285 g/mol. The number of hydrogen-bond donors (Lipinski definition) is 1. The van der Waals surface area contributed by atoms with Crippen LogP contribution in [0.1, 0.15) is 46.5 Å². The highest BCUT2D eigenvalue weighted by atomic mass is 16.6. The van der Waals surface area contributed by atoms with Crippen LogP contribution in [0.5, 0.6) is 0 Å². The van der Waals surface area contributed by atoms with Crippen molar-refractivity contribution in [1.82, 2.24) is 4.90 Å². The van der Waals surface area contributed by atoms with Gasteiger partial charge in [0.25, 0.3) is 0 Å². The predicted octanol–water partition coefficient (Wildman–Crippen LogP) is 2.02. The lowest BCUT2D eigenvalue weighted by molar-refractivity contribution is -0.182. The van der Waals surface area contributed by atoms with Crippen LogP contribution in [-0.4, -0.2) is 52.5 Å². The number of rotatable bonds is 1. The molecule has 20 heavy (non-hydrogen) atoms. The predicted molar refractivity (Wildman–Crippen MR) is 71.5 cm³/mol. The van der Waals surface area contributed by atoms with Crippen molar-refractivity contribution in [3.63, 3.8) is 0 Å². The van der Waals surface area contributed by atoms with Gasteiger partial charge in [-0.15, -0.1) is 0 Å². The SMILES string of the molecule is CC(C)(C)OC(=O)N1CC(C(=O)O)OC2(CCCC2)C1. The zero-order valence-electron chi connectivity index (χ0n) is 12.3. The summed E-state index contributed by atoms with van der Waals surface area (Å²) in [5, 5.41) is 9.21. The van der Waals surface area contributed by atoms with Gasteiger partial charge in [-0.25, -0.2) is 9.59 Å². The minimum absolute atomic E-state index is 0.0476. The van der Waals surface area contributed by atoms with E-state index >= 15 is 0 Å². The normalized spacial score (nSPS) is 25.8. The highest BCUT2D eigenvalue weighted by Gasteiger charge is 2.46. The fourth-order valence-corrected chi connectivity index (χ4v) is 2.88. The average Bonchev–Trinajstić information content (AvgIpc) is 2.74. The van der Waals surface area contributed by atoms with Crippen LogP contribution in [0.15, 0.2) is 0 Å². The third kappa shape index (κ3) is 3.42. The molecule has 0 aromatic heterocycles. The van der Waals surface area contributed by atoms with Crippen molar-refractivity contribution < 1.29 is 24.2 Å². The lowest BCUT2D eigenvalue weighted by Crippen LogP contribution is -2.58. The molecule has 1 N–H and O–H groups in total. The first-order valence-corrected chi connectivity index (χ1v) is 7.09. The monoisotopic (exact) mass is 285 g/mol. The van der Waals surface area contributed by atoms with Crippen LogP contribution in [0.3, 0.4) is 0 Å². The molecule has 1 aliphatic heterocycles. The number of hydrogen-bond acceptors (Lipinski definition) is 4. The molecule has 0 bridgehead atoms. The summed E-state index contributed by atoms with van der Waals surface area (Å²) in [4.78, 5) is 24.9. The van der Waals surface area contributed by atoms with Gasteiger partial charge in [-0.3, -0.25) is 0 Å². The van der Waals surface area contributed by atoms with Gasteiger partial charge in [0.15, 0.2) is 6.10 Å². The summed E-state index contributed by atoms with van der Waals surface area (Å²) in [6, 6.07) is 0. The number of carbonyl (C=O) groups excluding carboxylic acids is 1. The second kappa shape index (κ2) is 5.24. The summed E-state index contributed by atoms with van der Waals surface area (Å²) in [7, 11) is 0. The molecule has 1 spiro atoms. The molecule has 2 fully saturated rings. The Kier molecular flexibility index (Phi) is 3.95. The number of ether oxygens (including phenoxy) is 2. The van der Waals surface area contributed by atoms with Crippen molar-refractivity contribution in [1.29, 1.82) is 0 Å². The fourth-order valence-electron chi connectivity index (χ4n) is 2.88. The van der Waals surface area contributed by atoms with E-state index in [4.69, 9.17) is 9.47 Å². The lowest BCUT2D eigenvalue weighted by atomic mass is 9.98. The minimum atomic E-state index is -1.02. The minimum Gasteiger partial charge on any atom is -0.479 e. The molecular formula is C14H23NO5. The summed E-state index contributed by atoms with van der Waals surface area (Å²) in [6.07, 6.45) is 2.20. The van der Waals surface area contributed by atoms with Gasteiger partial charge in [-0.2, -0.15) is 0 Å². The van der Waals surface area contributed by atoms with E-state index in [9.17, 15) is 14.7 Å². The van der Waals surface area contributed by atoms with Crippen molar-refractivity contribution in [2.45, 2.75) is 63.8 Å². The first-order chi connectivity index (χ1) is 9.21. The maximum absolute atomic E-state index is 12.2. The maximum atomic E-state index is 12.2. The van der Waals surface area contributed by atoms with Crippen LogP contribution in [0.4, 0.5) is 4.79 Å². The molecule has 0 aromatic rings. The van der Waals surface area contributed by atoms with E-state index in [0.717, 1.165) is 25.7 Å². The fraction of sp³-hybridized carbons (Fsp3) is 0.857. The van der Waals surface area contributed by atoms with E-state index in [0.29, 0.717) is 6.54 Å². The Morgan fingerprint density at radius 1 is 1.30 bits per heavy atom. The molecule has 6 heteroatoms. The van der Waals surface area contributed by atoms with Crippen LogP contribution < -0.4 is 0 Å². The number of carboxylic acids is 1. The van der Waals surface area contributed by atoms with Crippen molar-refractivity contribution in [2.24, 2.45) is 0 Å². The Bertz CT molecular complexity index is 395. The Hall–Kier alpha value is -1.30. The maximum Gasteiger partial charge on any atom is 0.410 e. The number of carbonyl (C=O) groups is 2. The highest BCUT2D eigenvalue weighted by Crippen LogP contribution is 2.38. The highest BCUT2D eigenvalue weighted by molar-refractivity contribution is 5.75. The zero-order valence-corrected chi connectivity index (χ0v) is 12.3. The van der Waals surface area contributed by atoms with Gasteiger partial charge in [0.2, 0.25) is 0 Å². The molecule has 2 aliphatic rings. The molecule has 1 heterocycles.